The highest BCUT2D eigenvalue weighted by molar-refractivity contribution is 6.07. The molecule has 0 unspecified atom stereocenters. The van der Waals surface area contributed by atoms with E-state index in [1.54, 1.807) is 24.3 Å². The second-order valence-electron chi connectivity index (χ2n) is 6.07. The van der Waals surface area contributed by atoms with Gasteiger partial charge in [-0.1, -0.05) is 30.3 Å². The lowest BCUT2D eigenvalue weighted by Crippen LogP contribution is -2.28. The number of phenols is 1. The summed E-state index contributed by atoms with van der Waals surface area (Å²) in [7, 11) is 6.11. The first kappa shape index (κ1) is 17.8. The molecule has 0 fully saturated rings. The van der Waals surface area contributed by atoms with E-state index in [1.165, 1.54) is 6.08 Å². The third kappa shape index (κ3) is 5.25. The number of benzene rings is 2. The molecule has 0 aromatic heterocycles. The molecule has 0 radical (unpaired) electrons. The minimum Gasteiger partial charge on any atom is -0.508 e. The summed E-state index contributed by atoms with van der Waals surface area (Å²) in [5, 5.41) is 9.45. The van der Waals surface area contributed by atoms with E-state index >= 15 is 0 Å². The van der Waals surface area contributed by atoms with Crippen molar-refractivity contribution in [2.75, 3.05) is 39.1 Å². The topological polar surface area (TPSA) is 43.8 Å². The van der Waals surface area contributed by atoms with E-state index in [-0.39, 0.29) is 11.5 Å². The van der Waals surface area contributed by atoms with Gasteiger partial charge in [-0.25, -0.2) is 0 Å². The lowest BCUT2D eigenvalue weighted by molar-refractivity contribution is 0.104. The van der Waals surface area contributed by atoms with E-state index in [9.17, 15) is 9.90 Å². The van der Waals surface area contributed by atoms with Gasteiger partial charge in [0.05, 0.1) is 0 Å². The molecule has 0 spiro atoms. The predicted molar refractivity (Wildman–Crippen MR) is 99.7 cm³/mol. The Kier molecular flexibility index (Phi) is 6.15. The fourth-order valence-electron chi connectivity index (χ4n) is 2.27. The predicted octanol–water partition coefficient (Wildman–Crippen LogP) is 3.29. The fraction of sp³-hybridized carbons (Fsp3) is 0.250. The molecular formula is C20H24N2O2. The monoisotopic (exact) mass is 324 g/mol. The van der Waals surface area contributed by atoms with Gasteiger partial charge in [-0.15, -0.1) is 0 Å². The quantitative estimate of drug-likeness (QED) is 0.627. The molecule has 2 aromatic rings. The molecule has 4 heteroatoms. The van der Waals surface area contributed by atoms with Crippen molar-refractivity contribution in [1.29, 1.82) is 0 Å². The number of carbonyl (C=O) groups is 1. The van der Waals surface area contributed by atoms with Crippen LogP contribution in [-0.4, -0.2) is 50.0 Å². The van der Waals surface area contributed by atoms with Gasteiger partial charge < -0.3 is 14.9 Å². The zero-order chi connectivity index (χ0) is 17.5. The summed E-state index contributed by atoms with van der Waals surface area (Å²) in [6.07, 6.45) is 3.25. The first-order valence-electron chi connectivity index (χ1n) is 7.93. The van der Waals surface area contributed by atoms with Crippen LogP contribution in [0.25, 0.3) is 6.08 Å². The number of hydrogen-bond acceptors (Lipinski definition) is 4. The number of phenolic OH excluding ortho intramolecular Hbond substituents is 1. The van der Waals surface area contributed by atoms with E-state index in [4.69, 9.17) is 0 Å². The van der Waals surface area contributed by atoms with Gasteiger partial charge in [0.2, 0.25) is 0 Å². The minimum atomic E-state index is -0.0544. The molecule has 2 rings (SSSR count). The maximum Gasteiger partial charge on any atom is 0.185 e. The first-order chi connectivity index (χ1) is 11.5. The zero-order valence-electron chi connectivity index (χ0n) is 14.4. The van der Waals surface area contributed by atoms with Crippen LogP contribution in [0.4, 0.5) is 5.69 Å². The second-order valence-corrected chi connectivity index (χ2v) is 6.07. The number of ketones is 1. The molecule has 0 saturated carbocycles. The highest BCUT2D eigenvalue weighted by Crippen LogP contribution is 2.17. The van der Waals surface area contributed by atoms with Gasteiger partial charge in [-0.05, 0) is 50.0 Å². The van der Waals surface area contributed by atoms with Gasteiger partial charge in [0, 0.05) is 31.4 Å². The molecule has 1 N–H and O–H groups in total. The molecule has 4 nitrogen and oxygen atoms in total. The Morgan fingerprint density at radius 2 is 1.79 bits per heavy atom. The summed E-state index contributed by atoms with van der Waals surface area (Å²) in [5.41, 5.74) is 2.47. The van der Waals surface area contributed by atoms with E-state index in [1.807, 2.05) is 51.5 Å². The summed E-state index contributed by atoms with van der Waals surface area (Å²) in [5.74, 6) is 0.135. The van der Waals surface area contributed by atoms with Crippen LogP contribution in [0.1, 0.15) is 15.9 Å². The molecule has 0 saturated heterocycles. The number of hydrogen-bond donors (Lipinski definition) is 1. The van der Waals surface area contributed by atoms with Gasteiger partial charge in [-0.2, -0.15) is 0 Å². The number of carbonyl (C=O) groups excluding carboxylic acids is 1. The van der Waals surface area contributed by atoms with Crippen molar-refractivity contribution >= 4 is 17.5 Å². The number of allylic oxidation sites excluding steroid dienone is 1. The SMILES string of the molecule is CN(C)CCN(C)c1cccc(C(=O)C=Cc2cccc(O)c2)c1. The van der Waals surface area contributed by atoms with Crippen LogP contribution in [0.15, 0.2) is 54.6 Å². The number of nitrogens with zero attached hydrogens (tertiary/aromatic N) is 2. The summed E-state index contributed by atoms with van der Waals surface area (Å²) >= 11 is 0. The van der Waals surface area contributed by atoms with Crippen LogP contribution in [0.3, 0.4) is 0 Å². The molecule has 0 amide bonds. The Morgan fingerprint density at radius 1 is 1.04 bits per heavy atom. The molecular weight excluding hydrogens is 300 g/mol. The van der Waals surface area contributed by atoms with Crippen LogP contribution in [-0.2, 0) is 0 Å². The highest BCUT2D eigenvalue weighted by atomic mass is 16.3. The molecule has 0 aliphatic rings. The van der Waals surface area contributed by atoms with Crippen molar-refractivity contribution in [3.05, 3.63) is 65.7 Å². The minimum absolute atomic E-state index is 0.0544. The van der Waals surface area contributed by atoms with Crippen molar-refractivity contribution in [1.82, 2.24) is 4.90 Å². The zero-order valence-corrected chi connectivity index (χ0v) is 14.4. The number of rotatable bonds is 7. The average Bonchev–Trinajstić information content (AvgIpc) is 2.57. The number of aromatic hydroxyl groups is 1. The smallest absolute Gasteiger partial charge is 0.185 e. The van der Waals surface area contributed by atoms with Crippen molar-refractivity contribution in [2.24, 2.45) is 0 Å². The maximum absolute atomic E-state index is 12.4. The Morgan fingerprint density at radius 3 is 2.50 bits per heavy atom. The van der Waals surface area contributed by atoms with Gasteiger partial charge in [0.1, 0.15) is 5.75 Å². The molecule has 0 aliphatic heterocycles. The van der Waals surface area contributed by atoms with Crippen LogP contribution < -0.4 is 4.90 Å². The normalized spacial score (nSPS) is 11.2. The van der Waals surface area contributed by atoms with Crippen LogP contribution in [0.5, 0.6) is 5.75 Å². The van der Waals surface area contributed by atoms with Crippen molar-refractivity contribution in [2.45, 2.75) is 0 Å². The number of anilines is 1. The first-order valence-corrected chi connectivity index (χ1v) is 7.93. The van der Waals surface area contributed by atoms with E-state index in [0.29, 0.717) is 5.56 Å². The standard InChI is InChI=1S/C20H24N2O2/c1-21(2)12-13-22(3)18-8-5-7-17(15-18)20(24)11-10-16-6-4-9-19(23)14-16/h4-11,14-15,23H,12-13H2,1-3H3. The Bertz CT molecular complexity index is 723. The van der Waals surface area contributed by atoms with Gasteiger partial charge >= 0.3 is 0 Å². The molecule has 0 bridgehead atoms. The van der Waals surface area contributed by atoms with E-state index in [0.717, 1.165) is 24.3 Å². The average molecular weight is 324 g/mol. The van der Waals surface area contributed by atoms with Gasteiger partial charge in [-0.3, -0.25) is 4.79 Å². The molecule has 0 atom stereocenters. The summed E-state index contributed by atoms with van der Waals surface area (Å²) in [6.45, 7) is 1.84. The van der Waals surface area contributed by atoms with Crippen LogP contribution >= 0.6 is 0 Å². The van der Waals surface area contributed by atoms with Crippen molar-refractivity contribution in [3.63, 3.8) is 0 Å². The summed E-state index contributed by atoms with van der Waals surface area (Å²) < 4.78 is 0. The summed E-state index contributed by atoms with van der Waals surface area (Å²) in [6, 6.07) is 14.4. The van der Waals surface area contributed by atoms with Gasteiger partial charge in [0.25, 0.3) is 0 Å². The van der Waals surface area contributed by atoms with Gasteiger partial charge in [0.15, 0.2) is 5.78 Å². The van der Waals surface area contributed by atoms with Crippen molar-refractivity contribution in [3.8, 4) is 5.75 Å². The maximum atomic E-state index is 12.4. The fourth-order valence-corrected chi connectivity index (χ4v) is 2.27. The van der Waals surface area contributed by atoms with Crippen LogP contribution in [0, 0.1) is 0 Å². The number of likely N-dealkylation sites (N-methyl/N-ethyl adjacent to an activating group) is 2. The second kappa shape index (κ2) is 8.31. The largest absolute Gasteiger partial charge is 0.508 e. The van der Waals surface area contributed by atoms with Crippen LogP contribution in [0.2, 0.25) is 0 Å². The molecule has 0 heterocycles. The Hall–Kier alpha value is -2.59. The molecule has 126 valence electrons. The highest BCUT2D eigenvalue weighted by Gasteiger charge is 2.06. The lowest BCUT2D eigenvalue weighted by Gasteiger charge is -2.21. The molecule has 24 heavy (non-hydrogen) atoms. The van der Waals surface area contributed by atoms with E-state index < -0.39 is 0 Å². The lowest BCUT2D eigenvalue weighted by atomic mass is 10.1. The third-order valence-electron chi connectivity index (χ3n) is 3.75. The molecule has 2 aromatic carbocycles. The Labute approximate surface area is 143 Å². The molecule has 0 aliphatic carbocycles. The van der Waals surface area contributed by atoms with E-state index in [2.05, 4.69) is 9.80 Å². The third-order valence-corrected chi connectivity index (χ3v) is 3.75. The van der Waals surface area contributed by atoms with Crippen molar-refractivity contribution < 1.29 is 9.90 Å². The Balaban J connectivity index is 2.08. The summed E-state index contributed by atoms with van der Waals surface area (Å²) in [4.78, 5) is 16.6.